The fraction of sp³-hybridized carbons (Fsp3) is 0.381. The van der Waals surface area contributed by atoms with Crippen LogP contribution in [-0.2, 0) is 14.8 Å². The van der Waals surface area contributed by atoms with E-state index in [1.807, 2.05) is 18.2 Å². The molecule has 6 nitrogen and oxygen atoms in total. The number of benzene rings is 2. The molecule has 156 valence electrons. The molecule has 1 aliphatic rings. The van der Waals surface area contributed by atoms with Crippen molar-refractivity contribution < 1.29 is 13.2 Å². The number of sulfonamides is 1. The van der Waals surface area contributed by atoms with Crippen molar-refractivity contribution in [2.45, 2.75) is 32.2 Å². The number of carbonyl (C=O) groups is 1. The lowest BCUT2D eigenvalue weighted by Gasteiger charge is -2.28. The topological polar surface area (TPSA) is 78.5 Å². The van der Waals surface area contributed by atoms with Gasteiger partial charge in [0.05, 0.1) is 6.04 Å². The summed E-state index contributed by atoms with van der Waals surface area (Å²) in [6.07, 6.45) is 3.61. The average Bonchev–Trinajstić information content (AvgIpc) is 2.68. The van der Waals surface area contributed by atoms with Gasteiger partial charge in [-0.15, -0.1) is 0 Å². The molecule has 1 atom stereocenters. The predicted molar refractivity (Wildman–Crippen MR) is 118 cm³/mol. The molecule has 29 heavy (non-hydrogen) atoms. The first-order chi connectivity index (χ1) is 13.8. The Labute approximate surface area is 177 Å². The van der Waals surface area contributed by atoms with Gasteiger partial charge in [-0.05, 0) is 62.1 Å². The Hall–Kier alpha value is -2.25. The van der Waals surface area contributed by atoms with Gasteiger partial charge in [-0.25, -0.2) is 8.42 Å². The molecule has 0 aliphatic carbocycles. The number of amides is 1. The molecule has 1 aliphatic heterocycles. The zero-order chi connectivity index (χ0) is 20.9. The van der Waals surface area contributed by atoms with Crippen LogP contribution in [0.1, 0.15) is 37.8 Å². The third-order valence-corrected chi connectivity index (χ3v) is 6.47. The van der Waals surface area contributed by atoms with Gasteiger partial charge in [0.15, 0.2) is 0 Å². The molecule has 1 amide bonds. The van der Waals surface area contributed by atoms with E-state index in [4.69, 9.17) is 11.6 Å². The van der Waals surface area contributed by atoms with Crippen LogP contribution in [0, 0.1) is 0 Å². The highest BCUT2D eigenvalue weighted by Gasteiger charge is 2.20. The smallest absolute Gasteiger partial charge is 0.241 e. The van der Waals surface area contributed by atoms with E-state index in [1.54, 1.807) is 37.3 Å². The summed E-state index contributed by atoms with van der Waals surface area (Å²) < 4.78 is 27.2. The lowest BCUT2D eigenvalue weighted by atomic mass is 10.1. The highest BCUT2D eigenvalue weighted by atomic mass is 35.5. The highest BCUT2D eigenvalue weighted by Crippen LogP contribution is 2.23. The predicted octanol–water partition coefficient (Wildman–Crippen LogP) is 3.95. The first-order valence-corrected chi connectivity index (χ1v) is 11.8. The number of halogens is 1. The van der Waals surface area contributed by atoms with E-state index in [2.05, 4.69) is 14.9 Å². The van der Waals surface area contributed by atoms with Gasteiger partial charge >= 0.3 is 0 Å². The number of piperidine rings is 1. The van der Waals surface area contributed by atoms with Gasteiger partial charge in [-0.3, -0.25) is 9.52 Å². The van der Waals surface area contributed by atoms with Gasteiger partial charge in [0.1, 0.15) is 5.75 Å². The van der Waals surface area contributed by atoms with Crippen molar-refractivity contribution in [3.8, 4) is 0 Å². The second-order valence-corrected chi connectivity index (χ2v) is 9.40. The zero-order valence-corrected chi connectivity index (χ0v) is 18.0. The molecular weight excluding hydrogens is 410 g/mol. The number of hydrogen-bond acceptors (Lipinski definition) is 4. The fourth-order valence-electron chi connectivity index (χ4n) is 3.47. The van der Waals surface area contributed by atoms with Crippen molar-refractivity contribution in [2.24, 2.45) is 0 Å². The maximum absolute atomic E-state index is 12.4. The Morgan fingerprint density at radius 3 is 2.38 bits per heavy atom. The van der Waals surface area contributed by atoms with Crippen molar-refractivity contribution >= 4 is 38.9 Å². The molecule has 0 aromatic heterocycles. The first-order valence-electron chi connectivity index (χ1n) is 9.73. The van der Waals surface area contributed by atoms with Gasteiger partial charge in [0, 0.05) is 29.5 Å². The average molecular weight is 436 g/mol. The minimum Gasteiger partial charge on any atom is -0.372 e. The van der Waals surface area contributed by atoms with Crippen molar-refractivity contribution in [2.75, 3.05) is 28.5 Å². The molecule has 0 saturated carbocycles. The van der Waals surface area contributed by atoms with Crippen LogP contribution in [-0.4, -0.2) is 33.2 Å². The monoisotopic (exact) mass is 435 g/mol. The van der Waals surface area contributed by atoms with Crippen molar-refractivity contribution in [1.82, 2.24) is 5.32 Å². The summed E-state index contributed by atoms with van der Waals surface area (Å²) in [6.45, 7) is 3.81. The van der Waals surface area contributed by atoms with E-state index in [-0.39, 0.29) is 0 Å². The molecule has 1 unspecified atom stereocenters. The maximum Gasteiger partial charge on any atom is 0.241 e. The highest BCUT2D eigenvalue weighted by molar-refractivity contribution is 7.93. The number of nitrogens with zero attached hydrogens (tertiary/aromatic N) is 1. The quantitative estimate of drug-likeness (QED) is 0.690. The Morgan fingerprint density at radius 1 is 1.07 bits per heavy atom. The summed E-state index contributed by atoms with van der Waals surface area (Å²) in [7, 11) is -3.82. The largest absolute Gasteiger partial charge is 0.372 e. The Kier molecular flexibility index (Phi) is 7.03. The van der Waals surface area contributed by atoms with Gasteiger partial charge in [-0.2, -0.15) is 0 Å². The standard InChI is InChI=1S/C21H26ClN3O3S/c1-16(19-7-3-4-8-20(19)22)23-21(26)15-29(27,28)24-17-9-11-18(12-10-17)25-13-5-2-6-14-25/h3-4,7-12,16,24H,2,5-6,13-15H2,1H3,(H,23,26). The van der Waals surface area contributed by atoms with E-state index in [9.17, 15) is 13.2 Å². The number of rotatable bonds is 7. The van der Waals surface area contributed by atoms with Gasteiger partial charge in [0.2, 0.25) is 15.9 Å². The van der Waals surface area contributed by atoms with Crippen LogP contribution in [0.3, 0.4) is 0 Å². The molecular formula is C21H26ClN3O3S. The molecule has 8 heteroatoms. The van der Waals surface area contributed by atoms with Crippen LogP contribution < -0.4 is 14.9 Å². The molecule has 0 spiro atoms. The lowest BCUT2D eigenvalue weighted by molar-refractivity contribution is -0.119. The number of anilines is 2. The molecule has 0 bridgehead atoms. The molecule has 1 fully saturated rings. The van der Waals surface area contributed by atoms with E-state index in [1.165, 1.54) is 19.3 Å². The third-order valence-electron chi connectivity index (χ3n) is 4.93. The molecule has 3 rings (SSSR count). The second-order valence-electron chi connectivity index (χ2n) is 7.27. The van der Waals surface area contributed by atoms with E-state index < -0.39 is 27.7 Å². The summed E-state index contributed by atoms with van der Waals surface area (Å²) in [6, 6.07) is 14.0. The summed E-state index contributed by atoms with van der Waals surface area (Å²) in [4.78, 5) is 14.5. The van der Waals surface area contributed by atoms with E-state index >= 15 is 0 Å². The molecule has 2 aromatic rings. The summed E-state index contributed by atoms with van der Waals surface area (Å²) in [5.74, 6) is -1.25. The number of hydrogen-bond donors (Lipinski definition) is 2. The Morgan fingerprint density at radius 2 is 1.72 bits per heavy atom. The molecule has 1 heterocycles. The van der Waals surface area contributed by atoms with Crippen LogP contribution >= 0.6 is 11.6 Å². The third kappa shape index (κ3) is 6.11. The van der Waals surface area contributed by atoms with Gasteiger partial charge < -0.3 is 10.2 Å². The second kappa shape index (κ2) is 9.50. The molecule has 2 N–H and O–H groups in total. The molecule has 0 radical (unpaired) electrons. The fourth-order valence-corrected chi connectivity index (χ4v) is 4.76. The van der Waals surface area contributed by atoms with Gasteiger partial charge in [0.25, 0.3) is 0 Å². The number of carbonyl (C=O) groups excluding carboxylic acids is 1. The number of nitrogens with one attached hydrogen (secondary N) is 2. The normalized spacial score (nSPS) is 15.6. The van der Waals surface area contributed by atoms with E-state index in [0.717, 1.165) is 24.3 Å². The SMILES string of the molecule is CC(NC(=O)CS(=O)(=O)Nc1ccc(N2CCCCC2)cc1)c1ccccc1Cl. The van der Waals surface area contributed by atoms with E-state index in [0.29, 0.717) is 10.7 Å². The van der Waals surface area contributed by atoms with Crippen LogP contribution in [0.5, 0.6) is 0 Å². The minimum absolute atomic E-state index is 0.393. The Bertz CT molecular complexity index is 942. The zero-order valence-electron chi connectivity index (χ0n) is 16.4. The van der Waals surface area contributed by atoms with Crippen LogP contribution in [0.4, 0.5) is 11.4 Å². The first kappa shape index (κ1) is 21.5. The van der Waals surface area contributed by atoms with Crippen molar-refractivity contribution in [3.05, 3.63) is 59.1 Å². The summed E-state index contributed by atoms with van der Waals surface area (Å²) >= 11 is 6.13. The summed E-state index contributed by atoms with van der Waals surface area (Å²) in [5, 5.41) is 3.21. The summed E-state index contributed by atoms with van der Waals surface area (Å²) in [5.41, 5.74) is 2.26. The minimum atomic E-state index is -3.82. The van der Waals surface area contributed by atoms with Crippen molar-refractivity contribution in [3.63, 3.8) is 0 Å². The molecule has 2 aromatic carbocycles. The van der Waals surface area contributed by atoms with Crippen LogP contribution in [0.2, 0.25) is 5.02 Å². The lowest BCUT2D eigenvalue weighted by Crippen LogP contribution is -2.34. The van der Waals surface area contributed by atoms with Crippen LogP contribution in [0.25, 0.3) is 0 Å². The van der Waals surface area contributed by atoms with Crippen molar-refractivity contribution in [1.29, 1.82) is 0 Å². The molecule has 1 saturated heterocycles. The maximum atomic E-state index is 12.4. The van der Waals surface area contributed by atoms with Gasteiger partial charge in [-0.1, -0.05) is 29.8 Å². The Balaban J connectivity index is 1.56. The van der Waals surface area contributed by atoms with Crippen LogP contribution in [0.15, 0.2) is 48.5 Å².